The minimum absolute atomic E-state index is 0.0197. The molecular weight excluding hydrogens is 546 g/mol. The number of hydrogen-bond donors (Lipinski definition) is 1. The van der Waals surface area contributed by atoms with Crippen molar-refractivity contribution in [3.05, 3.63) is 113 Å². The fourth-order valence-corrected chi connectivity index (χ4v) is 5.64. The van der Waals surface area contributed by atoms with Crippen LogP contribution < -0.4 is 10.2 Å². The fraction of sp³-hybridized carbons (Fsp3) is 0.286. The van der Waals surface area contributed by atoms with Crippen molar-refractivity contribution in [2.45, 2.75) is 58.2 Å². The molecule has 0 fully saturated rings. The number of benzene rings is 4. The first-order chi connectivity index (χ1) is 20.4. The Morgan fingerprint density at radius 2 is 1.62 bits per heavy atom. The van der Waals surface area contributed by atoms with Gasteiger partial charge in [0.25, 0.3) is 5.91 Å². The van der Waals surface area contributed by atoms with Crippen LogP contribution in [0.4, 0.5) is 5.69 Å². The highest BCUT2D eigenvalue weighted by Gasteiger charge is 2.32. The van der Waals surface area contributed by atoms with Gasteiger partial charge in [-0.3, -0.25) is 14.4 Å². The van der Waals surface area contributed by atoms with E-state index in [1.807, 2.05) is 92.7 Å². The van der Waals surface area contributed by atoms with E-state index in [2.05, 4.69) is 5.32 Å². The van der Waals surface area contributed by atoms with Crippen LogP contribution in [0.2, 0.25) is 5.02 Å². The minimum Gasteiger partial charge on any atom is -0.352 e. The molecule has 0 spiro atoms. The molecule has 1 aliphatic heterocycles. The maximum Gasteiger partial charge on any atom is 0.258 e. The van der Waals surface area contributed by atoms with E-state index in [0.717, 1.165) is 34.0 Å². The van der Waals surface area contributed by atoms with Gasteiger partial charge in [-0.15, -0.1) is 0 Å². The summed E-state index contributed by atoms with van der Waals surface area (Å²) in [4.78, 5) is 44.4. The van der Waals surface area contributed by atoms with Crippen molar-refractivity contribution in [1.82, 2.24) is 10.2 Å². The van der Waals surface area contributed by atoms with E-state index in [1.54, 1.807) is 21.9 Å². The van der Waals surface area contributed by atoms with E-state index in [4.69, 9.17) is 11.6 Å². The maximum absolute atomic E-state index is 14.0. The molecule has 1 aliphatic rings. The second-order valence-corrected chi connectivity index (χ2v) is 11.3. The first kappa shape index (κ1) is 29.3. The monoisotopic (exact) mass is 581 g/mol. The number of rotatable bonds is 12. The lowest BCUT2D eigenvalue weighted by molar-refractivity contribution is -0.141. The van der Waals surface area contributed by atoms with Gasteiger partial charge in [0, 0.05) is 47.9 Å². The van der Waals surface area contributed by atoms with E-state index in [1.165, 1.54) is 0 Å². The summed E-state index contributed by atoms with van der Waals surface area (Å²) in [5, 5.41) is 5.70. The Balaban J connectivity index is 1.37. The lowest BCUT2D eigenvalue weighted by atomic mass is 10.0. The van der Waals surface area contributed by atoms with Gasteiger partial charge in [-0.1, -0.05) is 85.3 Å². The second kappa shape index (κ2) is 13.2. The Morgan fingerprint density at radius 3 is 2.33 bits per heavy atom. The molecule has 216 valence electrons. The van der Waals surface area contributed by atoms with Gasteiger partial charge in [0.15, 0.2) is 0 Å². The second-order valence-electron chi connectivity index (χ2n) is 10.9. The van der Waals surface area contributed by atoms with Crippen LogP contribution in [0.25, 0.3) is 10.8 Å². The van der Waals surface area contributed by atoms with Crippen LogP contribution in [0.15, 0.2) is 91.0 Å². The summed E-state index contributed by atoms with van der Waals surface area (Å²) in [7, 11) is 0. The number of hydrogen-bond acceptors (Lipinski definition) is 3. The summed E-state index contributed by atoms with van der Waals surface area (Å²) in [5.74, 6) is -0.345. The summed E-state index contributed by atoms with van der Waals surface area (Å²) >= 11 is 6.13. The molecule has 42 heavy (non-hydrogen) atoms. The average molecular weight is 582 g/mol. The van der Waals surface area contributed by atoms with Crippen LogP contribution >= 0.6 is 11.6 Å². The average Bonchev–Trinajstić information content (AvgIpc) is 3.28. The molecule has 0 saturated carbocycles. The van der Waals surface area contributed by atoms with Crippen molar-refractivity contribution in [3.63, 3.8) is 0 Å². The van der Waals surface area contributed by atoms with Crippen molar-refractivity contribution in [1.29, 1.82) is 0 Å². The molecule has 0 aromatic heterocycles. The summed E-state index contributed by atoms with van der Waals surface area (Å²) in [6.45, 7) is 4.67. The highest BCUT2D eigenvalue weighted by atomic mass is 35.5. The Morgan fingerprint density at radius 1 is 0.905 bits per heavy atom. The summed E-state index contributed by atoms with van der Waals surface area (Å²) < 4.78 is 0. The Kier molecular flexibility index (Phi) is 9.23. The van der Waals surface area contributed by atoms with Crippen molar-refractivity contribution in [2.75, 3.05) is 11.4 Å². The summed E-state index contributed by atoms with van der Waals surface area (Å²) in [5.41, 5.74) is 3.44. The number of carbonyl (C=O) groups is 3. The number of carbonyl (C=O) groups excluding carboxylic acids is 3. The smallest absolute Gasteiger partial charge is 0.258 e. The number of nitrogens with zero attached hydrogens (tertiary/aromatic N) is 2. The third-order valence-electron chi connectivity index (χ3n) is 7.96. The molecule has 0 unspecified atom stereocenters. The van der Waals surface area contributed by atoms with Crippen LogP contribution in [0.3, 0.4) is 0 Å². The van der Waals surface area contributed by atoms with E-state index in [9.17, 15) is 14.4 Å². The lowest BCUT2D eigenvalue weighted by Gasteiger charge is -2.32. The topological polar surface area (TPSA) is 69.7 Å². The normalized spacial score (nSPS) is 13.7. The third-order valence-corrected chi connectivity index (χ3v) is 8.21. The number of nitrogens with one attached hydrogen (secondary N) is 1. The molecule has 7 heteroatoms. The van der Waals surface area contributed by atoms with Crippen LogP contribution in [0.1, 0.15) is 54.6 Å². The highest BCUT2D eigenvalue weighted by Crippen LogP contribution is 2.37. The van der Waals surface area contributed by atoms with Crippen LogP contribution in [0.5, 0.6) is 0 Å². The van der Waals surface area contributed by atoms with E-state index in [0.29, 0.717) is 30.0 Å². The Bertz CT molecular complexity index is 1570. The number of halogens is 1. The zero-order valence-electron chi connectivity index (χ0n) is 24.1. The first-order valence-electron chi connectivity index (χ1n) is 14.6. The molecular formula is C35H36ClN3O3. The van der Waals surface area contributed by atoms with E-state index < -0.39 is 6.04 Å². The van der Waals surface area contributed by atoms with Gasteiger partial charge in [-0.2, -0.15) is 0 Å². The zero-order chi connectivity index (χ0) is 29.6. The largest absolute Gasteiger partial charge is 0.352 e. The van der Waals surface area contributed by atoms with Gasteiger partial charge < -0.3 is 15.1 Å². The molecule has 3 amide bonds. The van der Waals surface area contributed by atoms with Crippen molar-refractivity contribution in [3.8, 4) is 0 Å². The van der Waals surface area contributed by atoms with Gasteiger partial charge >= 0.3 is 0 Å². The highest BCUT2D eigenvalue weighted by molar-refractivity contribution is 6.30. The molecule has 4 aromatic carbocycles. The van der Waals surface area contributed by atoms with E-state index >= 15 is 0 Å². The molecule has 0 radical (unpaired) electrons. The molecule has 5 rings (SSSR count). The summed E-state index contributed by atoms with van der Waals surface area (Å²) in [6.07, 6.45) is 1.85. The lowest BCUT2D eigenvalue weighted by Crippen LogP contribution is -2.52. The molecule has 1 heterocycles. The predicted molar refractivity (Wildman–Crippen MR) is 169 cm³/mol. The molecule has 0 aliphatic carbocycles. The van der Waals surface area contributed by atoms with Gasteiger partial charge in [-0.05, 0) is 60.5 Å². The molecule has 6 nitrogen and oxygen atoms in total. The quantitative estimate of drug-likeness (QED) is 0.200. The van der Waals surface area contributed by atoms with Crippen LogP contribution in [-0.2, 0) is 22.6 Å². The number of anilines is 1. The van der Waals surface area contributed by atoms with Crippen molar-refractivity contribution >= 4 is 45.8 Å². The predicted octanol–water partition coefficient (Wildman–Crippen LogP) is 6.79. The first-order valence-corrected chi connectivity index (χ1v) is 14.9. The molecule has 2 atom stereocenters. The van der Waals surface area contributed by atoms with Crippen LogP contribution in [-0.4, -0.2) is 41.2 Å². The molecule has 1 N–H and O–H groups in total. The third kappa shape index (κ3) is 6.50. The van der Waals surface area contributed by atoms with Crippen molar-refractivity contribution in [2.24, 2.45) is 0 Å². The van der Waals surface area contributed by atoms with Gasteiger partial charge in [0.05, 0.1) is 5.69 Å². The standard InChI is InChI=1S/C35H36ClN3O3/c1-3-24(2)37-34(41)31(22-25-10-5-4-6-11-25)39(23-26-17-19-28(36)20-18-26)32(40)16-9-21-38-30-15-8-13-27-12-7-14-29(33(27)30)35(38)42/h4-8,10-15,17-20,24,31H,3,9,16,21-23H2,1-2H3,(H,37,41)/t24-,31-/m1/s1. The minimum atomic E-state index is -0.698. The molecule has 0 bridgehead atoms. The number of amides is 3. The van der Waals surface area contributed by atoms with Crippen LogP contribution in [0, 0.1) is 0 Å². The summed E-state index contributed by atoms with van der Waals surface area (Å²) in [6, 6.07) is 28.1. The van der Waals surface area contributed by atoms with Gasteiger partial charge in [0.1, 0.15) is 6.04 Å². The van der Waals surface area contributed by atoms with Gasteiger partial charge in [0.2, 0.25) is 11.8 Å². The molecule has 4 aromatic rings. The fourth-order valence-electron chi connectivity index (χ4n) is 5.51. The maximum atomic E-state index is 14.0. The van der Waals surface area contributed by atoms with Gasteiger partial charge in [-0.25, -0.2) is 0 Å². The van der Waals surface area contributed by atoms with Crippen molar-refractivity contribution < 1.29 is 14.4 Å². The Hall–Kier alpha value is -4.16. The SMILES string of the molecule is CC[C@@H](C)NC(=O)[C@@H](Cc1ccccc1)N(Cc1ccc(Cl)cc1)C(=O)CCCN1C(=O)c2cccc3cccc1c23. The Labute approximate surface area is 252 Å². The zero-order valence-corrected chi connectivity index (χ0v) is 24.8. The molecule has 0 saturated heterocycles. The van der Waals surface area contributed by atoms with E-state index in [-0.39, 0.29) is 36.7 Å².